The van der Waals surface area contributed by atoms with E-state index in [1.165, 1.54) is 74.5 Å². The Morgan fingerprint density at radius 1 is 0.443 bits per heavy atom. The number of hydrogen-bond donors (Lipinski definition) is 8. The second-order valence-electron chi connectivity index (χ2n) is 22.3. The molecule has 106 heavy (non-hydrogen) atoms. The number of carbonyl (C=O) groups excluding carboxylic acids is 4. The number of aliphatic imine (C=N–C) groups is 2. The zero-order valence-corrected chi connectivity index (χ0v) is 60.5. The van der Waals surface area contributed by atoms with Gasteiger partial charge in [0.25, 0.3) is 17.7 Å². The summed E-state index contributed by atoms with van der Waals surface area (Å²) in [5.74, 6) is -10.2. The Labute approximate surface area is 611 Å². The molecule has 4 aromatic rings. The highest BCUT2D eigenvalue weighted by molar-refractivity contribution is 7.91. The molecular weight excluding hydrogens is 1450 g/mol. The van der Waals surface area contributed by atoms with Crippen LogP contribution in [0.5, 0.6) is 23.0 Å². The summed E-state index contributed by atoms with van der Waals surface area (Å²) in [5.41, 5.74) is 20.8. The van der Waals surface area contributed by atoms with Gasteiger partial charge >= 0.3 is 0 Å². The predicted octanol–water partition coefficient (Wildman–Crippen LogP) is 2.76. The van der Waals surface area contributed by atoms with Gasteiger partial charge in [0.15, 0.2) is 68.4 Å². The maximum Gasteiger partial charge on any atom is 0.275 e. The fraction of sp³-hybridized carbons (Fsp3) is 0.500. The molecule has 590 valence electrons. The number of benzene rings is 4. The Kier molecular flexibility index (Phi) is 43.8. The Morgan fingerprint density at radius 3 is 1.10 bits per heavy atom. The summed E-state index contributed by atoms with van der Waals surface area (Å²) < 4.78 is 189. The lowest BCUT2D eigenvalue weighted by Gasteiger charge is -2.16. The molecule has 0 aliphatic rings. The van der Waals surface area contributed by atoms with Crippen LogP contribution in [0.15, 0.2) is 104 Å². The molecule has 3 amide bonds. The third kappa shape index (κ3) is 37.5. The number of nitrogens with two attached hydrogens (primary N) is 4. The van der Waals surface area contributed by atoms with Crippen molar-refractivity contribution in [1.82, 2.24) is 10.0 Å². The molecule has 0 spiro atoms. The van der Waals surface area contributed by atoms with E-state index in [4.69, 9.17) is 89.3 Å². The number of aliphatic hydroxyl groups excluding tert-OH is 2. The minimum Gasteiger partial charge on any atom is -0.451 e. The van der Waals surface area contributed by atoms with E-state index in [9.17, 15) is 63.8 Å². The zero-order valence-electron chi connectivity index (χ0n) is 58.9. The summed E-state index contributed by atoms with van der Waals surface area (Å²) in [5, 5.41) is 22.8. The van der Waals surface area contributed by atoms with Crippen molar-refractivity contribution >= 4 is 67.4 Å². The third-order valence-corrected chi connectivity index (χ3v) is 17.1. The molecule has 0 aromatic heterocycles. The normalized spacial score (nSPS) is 12.6. The molecule has 0 bridgehead atoms. The maximum absolute atomic E-state index is 14.8. The van der Waals surface area contributed by atoms with Gasteiger partial charge in [-0.05, 0) is 123 Å². The van der Waals surface area contributed by atoms with E-state index in [0.29, 0.717) is 72.7 Å². The van der Waals surface area contributed by atoms with Crippen LogP contribution in [0.25, 0.3) is 12.2 Å². The molecular formula is C68H94F4N8O24S2. The molecule has 0 aliphatic heterocycles. The second kappa shape index (κ2) is 51.3. The van der Waals surface area contributed by atoms with Crippen molar-refractivity contribution < 1.29 is 130 Å². The largest absolute Gasteiger partial charge is 0.451 e. The number of hydrogen-bond acceptors (Lipinski definition) is 24. The van der Waals surface area contributed by atoms with Crippen LogP contribution in [-0.2, 0) is 95.9 Å². The Bertz CT molecular complexity index is 3400. The molecule has 0 unspecified atom stereocenters. The summed E-state index contributed by atoms with van der Waals surface area (Å²) in [6, 6.07) is 13.7. The minimum absolute atomic E-state index is 0.00733. The van der Waals surface area contributed by atoms with Gasteiger partial charge in [0.05, 0.1) is 161 Å². The van der Waals surface area contributed by atoms with Crippen molar-refractivity contribution in [3.8, 4) is 23.0 Å². The number of carbonyl (C=O) groups is 4. The average molecular weight is 1550 g/mol. The van der Waals surface area contributed by atoms with Crippen LogP contribution in [0.4, 0.5) is 17.6 Å². The van der Waals surface area contributed by atoms with Crippen molar-refractivity contribution in [1.29, 1.82) is 0 Å². The van der Waals surface area contributed by atoms with Crippen molar-refractivity contribution in [2.24, 2.45) is 32.9 Å². The number of halogens is 4. The Morgan fingerprint density at radius 2 is 0.755 bits per heavy atom. The predicted molar refractivity (Wildman–Crippen MR) is 376 cm³/mol. The van der Waals surface area contributed by atoms with E-state index in [1.807, 2.05) is 0 Å². The van der Waals surface area contributed by atoms with Crippen LogP contribution < -0.4 is 42.4 Å². The standard InChI is InChI=1S/C68H94F4N8O24S2/c1-47(64(84)79-67(73)74)41-49-43-55(69)62(56(70)44-49)103-51-6-10-53(11-7-51)105(87,88)40-4-17-92-21-25-96-29-33-100-37-38-101-34-30-97-26-22-93-18-14-77-66(86)61(83)60(82)59(81)5-3-16-91-20-24-95-28-32-99-36-39-102-35-31-98-27-23-94-19-15-78-106(89,90)54-12-8-52(9-13-54)104-63-57(71)45-50(46-58(63)72)42-48(2)65(85)80-68(75)76/h6-13,41-46,60-61,78,82-83H,3-5,14-40H2,1-2H3,(H,77,86)(H4,73,74,79,84)(H4,75,76,80,85)/b47-41+,48-42+/t60-,61+/m0/s1. The van der Waals surface area contributed by atoms with E-state index < -0.39 is 102 Å². The molecule has 0 fully saturated rings. The molecule has 2 atom stereocenters. The quantitative estimate of drug-likeness (QED) is 0.0104. The number of nitrogens with one attached hydrogen (secondary N) is 2. The lowest BCUT2D eigenvalue weighted by molar-refractivity contribution is -0.145. The first-order valence-corrected chi connectivity index (χ1v) is 36.4. The first-order valence-electron chi connectivity index (χ1n) is 33.3. The molecule has 32 nitrogen and oxygen atoms in total. The third-order valence-electron chi connectivity index (χ3n) is 13.8. The van der Waals surface area contributed by atoms with E-state index in [0.717, 1.165) is 24.3 Å². The zero-order chi connectivity index (χ0) is 77.5. The van der Waals surface area contributed by atoms with Crippen LogP contribution in [-0.4, -0.2) is 252 Å². The first kappa shape index (κ1) is 90.4. The molecule has 0 radical (unpaired) electrons. The highest BCUT2D eigenvalue weighted by Gasteiger charge is 2.30. The van der Waals surface area contributed by atoms with E-state index in [2.05, 4.69) is 20.0 Å². The number of Topliss-reactive ketones (excluding diaryl/α,β-unsaturated/α-hetero) is 1. The highest BCUT2D eigenvalue weighted by Crippen LogP contribution is 2.32. The number of sulfone groups is 1. The van der Waals surface area contributed by atoms with Gasteiger partial charge in [0.1, 0.15) is 17.6 Å². The average Bonchev–Trinajstić information content (AvgIpc) is 0.822. The molecule has 4 aromatic carbocycles. The van der Waals surface area contributed by atoms with Crippen molar-refractivity contribution in [3.63, 3.8) is 0 Å². The molecule has 0 saturated heterocycles. The monoisotopic (exact) mass is 1550 g/mol. The molecule has 0 aliphatic carbocycles. The smallest absolute Gasteiger partial charge is 0.275 e. The van der Waals surface area contributed by atoms with Gasteiger partial charge in [-0.1, -0.05) is 0 Å². The molecule has 4 rings (SSSR count). The van der Waals surface area contributed by atoms with E-state index >= 15 is 0 Å². The number of sulfonamides is 1. The molecule has 0 heterocycles. The van der Waals surface area contributed by atoms with Crippen molar-refractivity contribution in [3.05, 3.63) is 118 Å². The number of ketones is 1. The summed E-state index contributed by atoms with van der Waals surface area (Å²) in [7, 11) is -7.66. The molecule has 0 saturated carbocycles. The fourth-order valence-corrected chi connectivity index (χ4v) is 10.9. The summed E-state index contributed by atoms with van der Waals surface area (Å²) in [6.45, 7) is 8.71. The SMILES string of the molecule is C/C(=C\c1cc(F)c(Oc2ccc(S(=O)(=O)CCCOCCOCCOCCOCCOCCOCCNC(=O)[C@H](O)[C@@H](O)C(=O)CCCOCCOCCOCCOCCOCCOCCNS(=O)(=O)c3ccc(Oc4c(F)cc(/C=C(\C)C(=O)N=C(N)N)cc4F)cc3)cc2)c(F)c1)C(=O)N=C(N)N. The maximum atomic E-state index is 14.8. The van der Waals surface area contributed by atoms with Gasteiger partial charge in [-0.15, -0.1) is 0 Å². The van der Waals surface area contributed by atoms with Crippen LogP contribution in [0.1, 0.15) is 44.2 Å². The molecule has 38 heteroatoms. The van der Waals surface area contributed by atoms with Crippen molar-refractivity contribution in [2.45, 2.75) is 55.1 Å². The van der Waals surface area contributed by atoms with Gasteiger partial charge in [-0.25, -0.2) is 39.1 Å². The number of amides is 3. The minimum atomic E-state index is -3.96. The Balaban J connectivity index is 0.845. The number of ether oxygens (including phenoxy) is 14. The topological polar surface area (TPSA) is 459 Å². The van der Waals surface area contributed by atoms with E-state index in [-0.39, 0.29) is 168 Å². The number of nitrogens with zero attached hydrogens (tertiary/aromatic N) is 2. The summed E-state index contributed by atoms with van der Waals surface area (Å²) in [6.07, 6.45) is -1.19. The van der Waals surface area contributed by atoms with Crippen molar-refractivity contribution in [2.75, 3.05) is 177 Å². The van der Waals surface area contributed by atoms with Crippen LogP contribution in [0, 0.1) is 23.3 Å². The highest BCUT2D eigenvalue weighted by atomic mass is 32.2. The van der Waals surface area contributed by atoms with Gasteiger partial charge in [-0.2, -0.15) is 9.98 Å². The van der Waals surface area contributed by atoms with Crippen LogP contribution >= 0.6 is 0 Å². The van der Waals surface area contributed by atoms with Gasteiger partial charge in [0.2, 0.25) is 10.0 Å². The lowest BCUT2D eigenvalue weighted by Crippen LogP contribution is -2.46. The lowest BCUT2D eigenvalue weighted by atomic mass is 10.1. The fourth-order valence-electron chi connectivity index (χ4n) is 8.56. The van der Waals surface area contributed by atoms with Gasteiger partial charge in [0, 0.05) is 43.9 Å². The number of aliphatic hydroxyl groups is 2. The molecule has 12 N–H and O–H groups in total. The number of rotatable bonds is 58. The van der Waals surface area contributed by atoms with Gasteiger partial charge < -0.3 is 105 Å². The van der Waals surface area contributed by atoms with Crippen LogP contribution in [0.2, 0.25) is 0 Å². The first-order chi connectivity index (χ1) is 50.8. The second-order valence-corrected chi connectivity index (χ2v) is 26.2. The van der Waals surface area contributed by atoms with Gasteiger partial charge in [-0.3, -0.25) is 19.2 Å². The summed E-state index contributed by atoms with van der Waals surface area (Å²) >= 11 is 0. The Hall–Kier alpha value is -8.00. The summed E-state index contributed by atoms with van der Waals surface area (Å²) in [4.78, 5) is 55.1. The van der Waals surface area contributed by atoms with Crippen LogP contribution in [0.3, 0.4) is 0 Å². The van der Waals surface area contributed by atoms with E-state index in [1.54, 1.807) is 0 Å². The number of guanidine groups is 2.